The summed E-state index contributed by atoms with van der Waals surface area (Å²) in [5.74, 6) is 0. The van der Waals surface area contributed by atoms with Crippen molar-refractivity contribution in [2.75, 3.05) is 25.6 Å². The Morgan fingerprint density at radius 1 is 1.50 bits per heavy atom. The van der Waals surface area contributed by atoms with Gasteiger partial charge in [-0.3, -0.25) is 0 Å². The summed E-state index contributed by atoms with van der Waals surface area (Å²) < 4.78 is 5.87. The van der Waals surface area contributed by atoms with E-state index in [1.165, 1.54) is 0 Å². The second-order valence-corrected chi connectivity index (χ2v) is 5.87. The predicted octanol–water partition coefficient (Wildman–Crippen LogP) is 4.28. The van der Waals surface area contributed by atoms with Crippen molar-refractivity contribution in [1.29, 1.82) is 0 Å². The highest BCUT2D eigenvalue weighted by Gasteiger charge is 2.06. The lowest BCUT2D eigenvalue weighted by Gasteiger charge is -2.01. The maximum absolute atomic E-state index is 6.08. The molecule has 0 atom stereocenters. The first-order chi connectivity index (χ1) is 8.70. The van der Waals surface area contributed by atoms with Crippen molar-refractivity contribution in [1.82, 2.24) is 4.98 Å². The van der Waals surface area contributed by atoms with Crippen LogP contribution in [-0.4, -0.2) is 25.2 Å². The average Bonchev–Trinajstić information content (AvgIpc) is 2.82. The number of nitrogens with zero attached hydrogens (tertiary/aromatic N) is 1. The number of nitrogens with one attached hydrogen (secondary N) is 1. The van der Waals surface area contributed by atoms with Gasteiger partial charge in [0.2, 0.25) is 0 Å². The molecule has 0 spiro atoms. The van der Waals surface area contributed by atoms with Crippen molar-refractivity contribution >= 4 is 44.0 Å². The van der Waals surface area contributed by atoms with Crippen LogP contribution in [0.15, 0.2) is 28.9 Å². The first kappa shape index (κ1) is 13.8. The van der Waals surface area contributed by atoms with Crippen molar-refractivity contribution in [2.45, 2.75) is 0 Å². The minimum atomic E-state index is 0.666. The van der Waals surface area contributed by atoms with Crippen molar-refractivity contribution < 1.29 is 4.74 Å². The topological polar surface area (TPSA) is 34.1 Å². The molecule has 0 aliphatic rings. The second-order valence-electron chi connectivity index (χ2n) is 3.58. The number of anilines is 1. The van der Waals surface area contributed by atoms with Gasteiger partial charge in [-0.2, -0.15) is 0 Å². The molecule has 0 saturated carbocycles. The predicted molar refractivity (Wildman–Crippen MR) is 80.6 cm³/mol. The summed E-state index contributed by atoms with van der Waals surface area (Å²) in [5.41, 5.74) is 1.07. The molecule has 0 aliphatic heterocycles. The third kappa shape index (κ3) is 3.45. The monoisotopic (exact) mass is 346 g/mol. The molecule has 0 bridgehead atoms. The van der Waals surface area contributed by atoms with E-state index in [0.29, 0.717) is 11.6 Å². The lowest BCUT2D eigenvalue weighted by molar-refractivity contribution is 0.211. The van der Waals surface area contributed by atoms with Crippen LogP contribution in [0.1, 0.15) is 0 Å². The van der Waals surface area contributed by atoms with E-state index >= 15 is 0 Å². The summed E-state index contributed by atoms with van der Waals surface area (Å²) in [7, 11) is 1.68. The molecule has 2 aromatic rings. The Kier molecular flexibility index (Phi) is 5.00. The van der Waals surface area contributed by atoms with Gasteiger partial charge in [0.15, 0.2) is 5.13 Å². The van der Waals surface area contributed by atoms with E-state index in [-0.39, 0.29) is 0 Å². The maximum atomic E-state index is 6.08. The molecule has 1 N–H and O–H groups in total. The first-order valence-corrected chi connectivity index (χ1v) is 7.33. The normalized spacial score (nSPS) is 10.6. The molecular formula is C12H12BrClN2OS. The summed E-state index contributed by atoms with van der Waals surface area (Å²) in [5, 5.41) is 4.80. The lowest BCUT2D eigenvalue weighted by Crippen LogP contribution is -2.06. The Balaban J connectivity index is 2.11. The summed E-state index contributed by atoms with van der Waals surface area (Å²) in [6.07, 6.45) is 1.85. The first-order valence-electron chi connectivity index (χ1n) is 5.35. The zero-order valence-electron chi connectivity index (χ0n) is 9.74. The number of benzene rings is 1. The van der Waals surface area contributed by atoms with Crippen LogP contribution in [0.4, 0.5) is 5.13 Å². The van der Waals surface area contributed by atoms with E-state index in [2.05, 4.69) is 26.2 Å². The molecule has 0 fully saturated rings. The van der Waals surface area contributed by atoms with Crippen LogP contribution in [0.3, 0.4) is 0 Å². The Morgan fingerprint density at radius 2 is 2.33 bits per heavy atom. The molecule has 1 aromatic carbocycles. The number of rotatable bonds is 5. The lowest BCUT2D eigenvalue weighted by atomic mass is 10.2. The quantitative estimate of drug-likeness (QED) is 0.820. The molecule has 0 amide bonds. The zero-order chi connectivity index (χ0) is 13.0. The highest BCUT2D eigenvalue weighted by atomic mass is 79.9. The SMILES string of the molecule is COCCNc1ncc(-c2ccc(Br)c(Cl)c2)s1. The fourth-order valence-corrected chi connectivity index (χ4v) is 2.66. The summed E-state index contributed by atoms with van der Waals surface area (Å²) >= 11 is 11.1. The van der Waals surface area contributed by atoms with Crippen LogP contribution in [0.25, 0.3) is 10.4 Å². The van der Waals surface area contributed by atoms with Gasteiger partial charge >= 0.3 is 0 Å². The highest BCUT2D eigenvalue weighted by Crippen LogP contribution is 2.33. The molecule has 1 aromatic heterocycles. The van der Waals surface area contributed by atoms with Crippen LogP contribution in [0.5, 0.6) is 0 Å². The molecule has 2 rings (SSSR count). The van der Waals surface area contributed by atoms with E-state index in [9.17, 15) is 0 Å². The van der Waals surface area contributed by atoms with Crippen LogP contribution < -0.4 is 5.32 Å². The van der Waals surface area contributed by atoms with Crippen molar-refractivity contribution in [3.05, 3.63) is 33.9 Å². The number of halogens is 2. The molecular weight excluding hydrogens is 336 g/mol. The molecule has 0 saturated heterocycles. The molecule has 0 aliphatic carbocycles. The molecule has 3 nitrogen and oxygen atoms in total. The van der Waals surface area contributed by atoms with Crippen LogP contribution >= 0.6 is 38.9 Å². The summed E-state index contributed by atoms with van der Waals surface area (Å²) in [4.78, 5) is 5.40. The minimum absolute atomic E-state index is 0.666. The average molecular weight is 348 g/mol. The standard InChI is InChI=1S/C12H12BrClN2OS/c1-17-5-4-15-12-16-7-11(18-12)8-2-3-9(13)10(14)6-8/h2-3,6-7H,4-5H2,1H3,(H,15,16). The molecule has 18 heavy (non-hydrogen) atoms. The minimum Gasteiger partial charge on any atom is -0.383 e. The smallest absolute Gasteiger partial charge is 0.183 e. The third-order valence-electron chi connectivity index (χ3n) is 2.29. The van der Waals surface area contributed by atoms with Crippen molar-refractivity contribution in [3.63, 3.8) is 0 Å². The number of aromatic nitrogens is 1. The number of methoxy groups -OCH3 is 1. The fraction of sp³-hybridized carbons (Fsp3) is 0.250. The van der Waals surface area contributed by atoms with Gasteiger partial charge in [0.05, 0.1) is 16.5 Å². The Morgan fingerprint density at radius 3 is 3.06 bits per heavy atom. The number of thiazole rings is 1. The number of ether oxygens (including phenoxy) is 1. The number of hydrogen-bond acceptors (Lipinski definition) is 4. The molecule has 96 valence electrons. The highest BCUT2D eigenvalue weighted by molar-refractivity contribution is 9.10. The van der Waals surface area contributed by atoms with E-state index in [1.807, 2.05) is 24.4 Å². The van der Waals surface area contributed by atoms with Gasteiger partial charge in [0, 0.05) is 24.3 Å². The fourth-order valence-electron chi connectivity index (χ4n) is 1.40. The van der Waals surface area contributed by atoms with Gasteiger partial charge < -0.3 is 10.1 Å². The van der Waals surface area contributed by atoms with Crippen LogP contribution in [0.2, 0.25) is 5.02 Å². The van der Waals surface area contributed by atoms with Gasteiger partial charge in [0.1, 0.15) is 0 Å². The summed E-state index contributed by atoms with van der Waals surface area (Å²) in [6.45, 7) is 1.42. The van der Waals surface area contributed by atoms with E-state index in [1.54, 1.807) is 18.4 Å². The van der Waals surface area contributed by atoms with Crippen molar-refractivity contribution in [2.24, 2.45) is 0 Å². The van der Waals surface area contributed by atoms with E-state index in [4.69, 9.17) is 16.3 Å². The van der Waals surface area contributed by atoms with Crippen LogP contribution in [0, 0.1) is 0 Å². The zero-order valence-corrected chi connectivity index (χ0v) is 12.9. The van der Waals surface area contributed by atoms with Crippen molar-refractivity contribution in [3.8, 4) is 10.4 Å². The molecule has 0 radical (unpaired) electrons. The second kappa shape index (κ2) is 6.52. The number of hydrogen-bond donors (Lipinski definition) is 1. The van der Waals surface area contributed by atoms with E-state index in [0.717, 1.165) is 26.6 Å². The summed E-state index contributed by atoms with van der Waals surface area (Å²) in [6, 6.07) is 5.88. The maximum Gasteiger partial charge on any atom is 0.183 e. The van der Waals surface area contributed by atoms with Gasteiger partial charge in [0.25, 0.3) is 0 Å². The van der Waals surface area contributed by atoms with Gasteiger partial charge in [-0.1, -0.05) is 29.0 Å². The Hall–Kier alpha value is -0.620. The van der Waals surface area contributed by atoms with Crippen LogP contribution in [-0.2, 0) is 4.74 Å². The molecule has 1 heterocycles. The Bertz CT molecular complexity index is 533. The van der Waals surface area contributed by atoms with Gasteiger partial charge in [-0.25, -0.2) is 4.98 Å². The third-order valence-corrected chi connectivity index (χ3v) is 4.53. The van der Waals surface area contributed by atoms with Gasteiger partial charge in [-0.15, -0.1) is 0 Å². The largest absolute Gasteiger partial charge is 0.383 e. The Labute approximate surface area is 123 Å². The molecule has 6 heteroatoms. The molecule has 0 unspecified atom stereocenters. The van der Waals surface area contributed by atoms with Gasteiger partial charge in [-0.05, 0) is 33.6 Å². The van der Waals surface area contributed by atoms with E-state index < -0.39 is 0 Å².